The Labute approximate surface area is 161 Å². The van der Waals surface area contributed by atoms with E-state index in [0.29, 0.717) is 12.5 Å². The molecule has 2 aliphatic rings. The van der Waals surface area contributed by atoms with Gasteiger partial charge in [0.15, 0.2) is 0 Å². The van der Waals surface area contributed by atoms with Gasteiger partial charge in [-0.25, -0.2) is 0 Å². The van der Waals surface area contributed by atoms with Gasteiger partial charge < -0.3 is 21.1 Å². The molecule has 148 valence electrons. The average Bonchev–Trinajstić information content (AvgIpc) is 2.69. The van der Waals surface area contributed by atoms with Crippen LogP contribution < -0.4 is 11.1 Å². The molecule has 0 unspecified atom stereocenters. The molecule has 1 atom stereocenters. The number of hydrogen-bond acceptors (Lipinski definition) is 4. The zero-order valence-corrected chi connectivity index (χ0v) is 15.9. The third-order valence-corrected chi connectivity index (χ3v) is 6.03. The van der Waals surface area contributed by atoms with Crippen molar-refractivity contribution in [2.24, 2.45) is 11.7 Å². The summed E-state index contributed by atoms with van der Waals surface area (Å²) in [5.74, 6) is -0.480. The molecule has 1 aromatic carbocycles. The summed E-state index contributed by atoms with van der Waals surface area (Å²) >= 11 is 0. The topological polar surface area (TPSA) is 95.7 Å². The predicted octanol–water partition coefficient (Wildman–Crippen LogP) is 1.95. The van der Waals surface area contributed by atoms with Crippen LogP contribution >= 0.6 is 0 Å². The van der Waals surface area contributed by atoms with E-state index in [1.165, 1.54) is 32.1 Å². The molecule has 27 heavy (non-hydrogen) atoms. The summed E-state index contributed by atoms with van der Waals surface area (Å²) in [6.07, 6.45) is 8.58. The predicted molar refractivity (Wildman–Crippen MR) is 104 cm³/mol. The van der Waals surface area contributed by atoms with Crippen LogP contribution in [0.4, 0.5) is 0 Å². The Kier molecular flexibility index (Phi) is 6.72. The summed E-state index contributed by atoms with van der Waals surface area (Å²) in [5.41, 5.74) is 6.35. The number of primary amides is 1. The standard InChI is InChI=1S/C21H31N3O3/c22-20(26)19(14-15-6-8-18(25)9-7-15)23-21(27)16-10-12-24(13-11-16)17-4-2-1-3-5-17/h6-9,16-17,19,25H,1-5,10-14H2,(H2,22,26)(H,23,27)/t19-/m0/s1. The number of likely N-dealkylation sites (tertiary alicyclic amines) is 1. The van der Waals surface area contributed by atoms with Gasteiger partial charge in [-0.3, -0.25) is 9.59 Å². The Hall–Kier alpha value is -2.08. The number of piperidine rings is 1. The fourth-order valence-corrected chi connectivity index (χ4v) is 4.35. The lowest BCUT2D eigenvalue weighted by Gasteiger charge is -2.39. The molecule has 2 amide bonds. The van der Waals surface area contributed by atoms with E-state index in [-0.39, 0.29) is 17.6 Å². The van der Waals surface area contributed by atoms with E-state index in [0.717, 1.165) is 31.5 Å². The first-order valence-electron chi connectivity index (χ1n) is 10.1. The molecular formula is C21H31N3O3. The smallest absolute Gasteiger partial charge is 0.240 e. The molecule has 4 N–H and O–H groups in total. The molecule has 1 saturated heterocycles. The van der Waals surface area contributed by atoms with Crippen LogP contribution in [0.1, 0.15) is 50.5 Å². The lowest BCUT2D eigenvalue weighted by atomic mass is 9.89. The number of rotatable bonds is 6. The summed E-state index contributed by atoms with van der Waals surface area (Å²) in [5, 5.41) is 12.2. The highest BCUT2D eigenvalue weighted by Gasteiger charge is 2.31. The Morgan fingerprint density at radius 1 is 1.07 bits per heavy atom. The molecule has 6 heteroatoms. The van der Waals surface area contributed by atoms with E-state index < -0.39 is 11.9 Å². The molecule has 2 fully saturated rings. The van der Waals surface area contributed by atoms with Crippen LogP contribution in [-0.2, 0) is 16.0 Å². The number of hydrogen-bond donors (Lipinski definition) is 3. The number of nitrogens with zero attached hydrogens (tertiary/aromatic N) is 1. The summed E-state index contributed by atoms with van der Waals surface area (Å²) in [7, 11) is 0. The highest BCUT2D eigenvalue weighted by molar-refractivity contribution is 5.87. The number of carbonyl (C=O) groups excluding carboxylic acids is 2. The van der Waals surface area contributed by atoms with Gasteiger partial charge in [0.05, 0.1) is 0 Å². The third-order valence-electron chi connectivity index (χ3n) is 6.03. The van der Waals surface area contributed by atoms with Gasteiger partial charge in [0.2, 0.25) is 11.8 Å². The van der Waals surface area contributed by atoms with Gasteiger partial charge in [0.1, 0.15) is 11.8 Å². The maximum atomic E-state index is 12.7. The number of phenolic OH excluding ortho intramolecular Hbond substituents is 1. The zero-order chi connectivity index (χ0) is 19.2. The van der Waals surface area contributed by atoms with Crippen molar-refractivity contribution in [2.45, 2.75) is 63.5 Å². The summed E-state index contributed by atoms with van der Waals surface area (Å²) in [4.78, 5) is 27.0. The fourth-order valence-electron chi connectivity index (χ4n) is 4.35. The minimum atomic E-state index is -0.724. The molecule has 1 saturated carbocycles. The van der Waals surface area contributed by atoms with Crippen LogP contribution in [0.3, 0.4) is 0 Å². The molecule has 1 aliphatic carbocycles. The number of nitrogens with one attached hydrogen (secondary N) is 1. The first kappa shape index (κ1) is 19.7. The van der Waals surface area contributed by atoms with Crippen LogP contribution in [0, 0.1) is 5.92 Å². The Bertz CT molecular complexity index is 633. The third kappa shape index (κ3) is 5.45. The van der Waals surface area contributed by atoms with Gasteiger partial charge in [-0.1, -0.05) is 31.4 Å². The Morgan fingerprint density at radius 2 is 1.70 bits per heavy atom. The van der Waals surface area contributed by atoms with E-state index in [1.54, 1.807) is 24.3 Å². The molecule has 0 aromatic heterocycles. The summed E-state index contributed by atoms with van der Waals surface area (Å²) in [6.45, 7) is 1.92. The molecular weight excluding hydrogens is 342 g/mol. The lowest BCUT2D eigenvalue weighted by Crippen LogP contribution is -2.50. The van der Waals surface area contributed by atoms with Crippen LogP contribution in [0.25, 0.3) is 0 Å². The van der Waals surface area contributed by atoms with Crippen molar-refractivity contribution in [1.82, 2.24) is 10.2 Å². The highest BCUT2D eigenvalue weighted by atomic mass is 16.3. The molecule has 1 heterocycles. The largest absolute Gasteiger partial charge is 0.508 e. The molecule has 1 aliphatic heterocycles. The first-order valence-corrected chi connectivity index (χ1v) is 10.1. The number of nitrogens with two attached hydrogens (primary N) is 1. The SMILES string of the molecule is NC(=O)[C@H](Cc1ccc(O)cc1)NC(=O)C1CCN(C2CCCCC2)CC1. The monoisotopic (exact) mass is 373 g/mol. The number of amides is 2. The van der Waals surface area contributed by atoms with Gasteiger partial charge in [0, 0.05) is 18.4 Å². The van der Waals surface area contributed by atoms with Crippen LogP contribution in [0.2, 0.25) is 0 Å². The summed E-state index contributed by atoms with van der Waals surface area (Å²) in [6, 6.07) is 6.57. The normalized spacial score (nSPS) is 20.9. The highest BCUT2D eigenvalue weighted by Crippen LogP contribution is 2.27. The maximum Gasteiger partial charge on any atom is 0.240 e. The van der Waals surface area contributed by atoms with E-state index >= 15 is 0 Å². The van der Waals surface area contributed by atoms with Crippen LogP contribution in [0.5, 0.6) is 5.75 Å². The maximum absolute atomic E-state index is 12.7. The van der Waals surface area contributed by atoms with Crippen LogP contribution in [-0.4, -0.2) is 47.0 Å². The molecule has 6 nitrogen and oxygen atoms in total. The van der Waals surface area contributed by atoms with Gasteiger partial charge in [0.25, 0.3) is 0 Å². The first-order chi connectivity index (χ1) is 13.0. The van der Waals surface area contributed by atoms with Crippen molar-refractivity contribution in [3.63, 3.8) is 0 Å². The second-order valence-corrected chi connectivity index (χ2v) is 7.94. The summed E-state index contributed by atoms with van der Waals surface area (Å²) < 4.78 is 0. The van der Waals surface area contributed by atoms with E-state index in [4.69, 9.17) is 5.73 Å². The van der Waals surface area contributed by atoms with Crippen molar-refractivity contribution in [3.8, 4) is 5.75 Å². The van der Waals surface area contributed by atoms with Crippen molar-refractivity contribution < 1.29 is 14.7 Å². The Morgan fingerprint density at radius 3 is 2.30 bits per heavy atom. The Balaban J connectivity index is 1.50. The zero-order valence-electron chi connectivity index (χ0n) is 15.9. The van der Waals surface area contributed by atoms with Gasteiger partial charge >= 0.3 is 0 Å². The van der Waals surface area contributed by atoms with Gasteiger partial charge in [-0.05, 0) is 56.5 Å². The van der Waals surface area contributed by atoms with Crippen molar-refractivity contribution in [3.05, 3.63) is 29.8 Å². The van der Waals surface area contributed by atoms with Crippen molar-refractivity contribution in [1.29, 1.82) is 0 Å². The number of aromatic hydroxyl groups is 1. The van der Waals surface area contributed by atoms with Crippen molar-refractivity contribution in [2.75, 3.05) is 13.1 Å². The number of carbonyl (C=O) groups is 2. The molecule has 0 radical (unpaired) electrons. The minimum absolute atomic E-state index is 0.0495. The fraction of sp³-hybridized carbons (Fsp3) is 0.619. The van der Waals surface area contributed by atoms with Crippen LogP contribution in [0.15, 0.2) is 24.3 Å². The molecule has 3 rings (SSSR count). The number of phenols is 1. The average molecular weight is 373 g/mol. The molecule has 0 bridgehead atoms. The quantitative estimate of drug-likeness (QED) is 0.710. The van der Waals surface area contributed by atoms with Crippen molar-refractivity contribution >= 4 is 11.8 Å². The van der Waals surface area contributed by atoms with Gasteiger partial charge in [-0.15, -0.1) is 0 Å². The van der Waals surface area contributed by atoms with E-state index in [1.807, 2.05) is 0 Å². The number of benzene rings is 1. The second kappa shape index (κ2) is 9.22. The molecule has 1 aromatic rings. The molecule has 0 spiro atoms. The van der Waals surface area contributed by atoms with E-state index in [9.17, 15) is 14.7 Å². The van der Waals surface area contributed by atoms with E-state index in [2.05, 4.69) is 10.2 Å². The minimum Gasteiger partial charge on any atom is -0.508 e. The second-order valence-electron chi connectivity index (χ2n) is 7.94. The van der Waals surface area contributed by atoms with Gasteiger partial charge in [-0.2, -0.15) is 0 Å². The lowest BCUT2D eigenvalue weighted by molar-refractivity contribution is -0.131.